The van der Waals surface area contributed by atoms with Gasteiger partial charge in [-0.1, -0.05) is 31.2 Å². The van der Waals surface area contributed by atoms with Crippen molar-refractivity contribution in [3.05, 3.63) is 35.4 Å². The molecule has 1 aliphatic heterocycles. The fourth-order valence-electron chi connectivity index (χ4n) is 3.33. The van der Waals surface area contributed by atoms with Gasteiger partial charge in [0.05, 0.1) is 13.1 Å². The smallest absolute Gasteiger partial charge is 0.234 e. The van der Waals surface area contributed by atoms with E-state index in [4.69, 9.17) is 4.99 Å². The first-order chi connectivity index (χ1) is 13.0. The summed E-state index contributed by atoms with van der Waals surface area (Å²) in [6.07, 6.45) is 1.03. The molecule has 2 rings (SSSR count). The van der Waals surface area contributed by atoms with Crippen molar-refractivity contribution in [2.24, 2.45) is 4.99 Å². The highest BCUT2D eigenvalue weighted by Gasteiger charge is 2.21. The molecule has 27 heavy (non-hydrogen) atoms. The van der Waals surface area contributed by atoms with Crippen LogP contribution in [0, 0.1) is 0 Å². The highest BCUT2D eigenvalue weighted by molar-refractivity contribution is 5.80. The predicted octanol–water partition coefficient (Wildman–Crippen LogP) is 1.86. The number of amides is 1. The number of carbonyl (C=O) groups is 1. The van der Waals surface area contributed by atoms with Crippen molar-refractivity contribution in [2.75, 3.05) is 39.3 Å². The van der Waals surface area contributed by atoms with Gasteiger partial charge in [-0.2, -0.15) is 0 Å². The van der Waals surface area contributed by atoms with Crippen LogP contribution in [0.2, 0.25) is 0 Å². The summed E-state index contributed by atoms with van der Waals surface area (Å²) in [6, 6.07) is 8.71. The number of carbonyl (C=O) groups excluding carboxylic acids is 1. The highest BCUT2D eigenvalue weighted by atomic mass is 16.2. The number of hydrogen-bond donors (Lipinski definition) is 2. The van der Waals surface area contributed by atoms with Gasteiger partial charge in [0, 0.05) is 38.8 Å². The molecule has 0 bridgehead atoms. The van der Waals surface area contributed by atoms with Crippen molar-refractivity contribution >= 4 is 11.9 Å². The Labute approximate surface area is 164 Å². The lowest BCUT2D eigenvalue weighted by molar-refractivity contribution is -0.123. The van der Waals surface area contributed by atoms with E-state index in [1.165, 1.54) is 11.1 Å². The predicted molar refractivity (Wildman–Crippen MR) is 112 cm³/mol. The van der Waals surface area contributed by atoms with Crippen LogP contribution in [-0.4, -0.2) is 67.0 Å². The Morgan fingerprint density at radius 1 is 1.11 bits per heavy atom. The summed E-state index contributed by atoms with van der Waals surface area (Å²) in [5.74, 6) is 1.07. The Bertz CT molecular complexity index is 621. The lowest BCUT2D eigenvalue weighted by Crippen LogP contribution is -2.54. The van der Waals surface area contributed by atoms with Crippen molar-refractivity contribution in [1.29, 1.82) is 0 Å². The van der Waals surface area contributed by atoms with E-state index in [1.54, 1.807) is 0 Å². The fourth-order valence-corrected chi connectivity index (χ4v) is 3.33. The quantitative estimate of drug-likeness (QED) is 0.566. The third-order valence-electron chi connectivity index (χ3n) is 4.72. The normalized spacial score (nSPS) is 15.9. The highest BCUT2D eigenvalue weighted by Crippen LogP contribution is 2.11. The van der Waals surface area contributed by atoms with Crippen LogP contribution in [0.5, 0.6) is 0 Å². The van der Waals surface area contributed by atoms with Gasteiger partial charge in [-0.3, -0.25) is 9.69 Å². The average Bonchev–Trinajstić information content (AvgIpc) is 2.65. The molecule has 1 aromatic rings. The summed E-state index contributed by atoms with van der Waals surface area (Å²) in [4.78, 5) is 21.3. The monoisotopic (exact) mass is 373 g/mol. The molecule has 1 aliphatic rings. The number of hydrogen-bond acceptors (Lipinski definition) is 3. The van der Waals surface area contributed by atoms with Gasteiger partial charge < -0.3 is 15.5 Å². The topological polar surface area (TPSA) is 60.0 Å². The zero-order valence-corrected chi connectivity index (χ0v) is 17.3. The number of nitrogens with zero attached hydrogens (tertiary/aromatic N) is 3. The largest absolute Gasteiger partial charge is 0.357 e. The molecular weight excluding hydrogens is 338 g/mol. The number of guanidine groups is 1. The standard InChI is InChI=1S/C21H35N5O/c1-5-18-9-7-8-10-19(18)15-23-21(22-6-2)26-13-11-25(12-14-26)16-20(27)24-17(3)4/h7-10,17H,5-6,11-16H2,1-4H3,(H,22,23)(H,24,27). The van der Waals surface area contributed by atoms with Gasteiger partial charge in [0.1, 0.15) is 0 Å². The molecule has 0 aromatic heterocycles. The molecule has 1 fully saturated rings. The van der Waals surface area contributed by atoms with Crippen LogP contribution in [-0.2, 0) is 17.8 Å². The maximum Gasteiger partial charge on any atom is 0.234 e. The molecule has 0 unspecified atom stereocenters. The van der Waals surface area contributed by atoms with E-state index >= 15 is 0 Å². The van der Waals surface area contributed by atoms with Gasteiger partial charge in [-0.15, -0.1) is 0 Å². The molecule has 0 saturated carbocycles. The van der Waals surface area contributed by atoms with E-state index in [0.29, 0.717) is 13.1 Å². The molecule has 1 amide bonds. The lowest BCUT2D eigenvalue weighted by Gasteiger charge is -2.36. The summed E-state index contributed by atoms with van der Waals surface area (Å²) in [7, 11) is 0. The molecule has 0 atom stereocenters. The molecule has 0 aliphatic carbocycles. The van der Waals surface area contributed by atoms with E-state index < -0.39 is 0 Å². The van der Waals surface area contributed by atoms with Crippen LogP contribution in [0.1, 0.15) is 38.8 Å². The third kappa shape index (κ3) is 6.86. The SMILES string of the molecule is CCNC(=NCc1ccccc1CC)N1CCN(CC(=O)NC(C)C)CC1. The molecule has 1 aromatic carbocycles. The maximum absolute atomic E-state index is 12.0. The number of aryl methyl sites for hydroxylation is 1. The molecule has 0 spiro atoms. The second kappa shape index (κ2) is 10.9. The summed E-state index contributed by atoms with van der Waals surface area (Å²) >= 11 is 0. The number of nitrogens with one attached hydrogen (secondary N) is 2. The van der Waals surface area contributed by atoms with Crippen LogP contribution in [0.25, 0.3) is 0 Å². The Morgan fingerprint density at radius 2 is 1.78 bits per heavy atom. The van der Waals surface area contributed by atoms with Gasteiger partial charge in [-0.05, 0) is 38.3 Å². The van der Waals surface area contributed by atoms with Gasteiger partial charge in [0.2, 0.25) is 5.91 Å². The number of piperazine rings is 1. The van der Waals surface area contributed by atoms with E-state index in [-0.39, 0.29) is 11.9 Å². The zero-order chi connectivity index (χ0) is 19.6. The minimum absolute atomic E-state index is 0.107. The van der Waals surface area contributed by atoms with Gasteiger partial charge in [0.15, 0.2) is 5.96 Å². The zero-order valence-electron chi connectivity index (χ0n) is 17.3. The second-order valence-corrected chi connectivity index (χ2v) is 7.28. The lowest BCUT2D eigenvalue weighted by atomic mass is 10.1. The summed E-state index contributed by atoms with van der Waals surface area (Å²) in [5, 5.41) is 6.38. The minimum atomic E-state index is 0.107. The first kappa shape index (κ1) is 21.2. The van der Waals surface area contributed by atoms with Crippen molar-refractivity contribution in [3.63, 3.8) is 0 Å². The minimum Gasteiger partial charge on any atom is -0.357 e. The Morgan fingerprint density at radius 3 is 2.37 bits per heavy atom. The molecule has 6 nitrogen and oxygen atoms in total. The first-order valence-corrected chi connectivity index (χ1v) is 10.1. The summed E-state index contributed by atoms with van der Waals surface area (Å²) < 4.78 is 0. The van der Waals surface area contributed by atoms with Gasteiger partial charge in [0.25, 0.3) is 0 Å². The van der Waals surface area contributed by atoms with Crippen LogP contribution < -0.4 is 10.6 Å². The third-order valence-corrected chi connectivity index (χ3v) is 4.72. The molecule has 6 heteroatoms. The molecule has 1 saturated heterocycles. The fraction of sp³-hybridized carbons (Fsp3) is 0.619. The van der Waals surface area contributed by atoms with Crippen LogP contribution in [0.15, 0.2) is 29.3 Å². The molecule has 1 heterocycles. The summed E-state index contributed by atoms with van der Waals surface area (Å²) in [6.45, 7) is 13.8. The Hall–Kier alpha value is -2.08. The molecule has 2 N–H and O–H groups in total. The number of aliphatic imine (C=N–C) groups is 1. The first-order valence-electron chi connectivity index (χ1n) is 10.1. The molecule has 150 valence electrons. The molecular formula is C21H35N5O. The number of rotatable bonds is 7. The van der Waals surface area contributed by atoms with Crippen molar-refractivity contribution in [1.82, 2.24) is 20.4 Å². The molecule has 0 radical (unpaired) electrons. The van der Waals surface area contributed by atoms with E-state index in [9.17, 15) is 4.79 Å². The van der Waals surface area contributed by atoms with Gasteiger partial charge in [-0.25, -0.2) is 4.99 Å². The Kier molecular flexibility index (Phi) is 8.58. The summed E-state index contributed by atoms with van der Waals surface area (Å²) in [5.41, 5.74) is 2.65. The second-order valence-electron chi connectivity index (χ2n) is 7.28. The van der Waals surface area contributed by atoms with Gasteiger partial charge >= 0.3 is 0 Å². The number of benzene rings is 1. The Balaban J connectivity index is 1.93. The van der Waals surface area contributed by atoms with Crippen LogP contribution in [0.3, 0.4) is 0 Å². The van der Waals surface area contributed by atoms with E-state index in [2.05, 4.69) is 58.5 Å². The maximum atomic E-state index is 12.0. The average molecular weight is 374 g/mol. The van der Waals surface area contributed by atoms with Crippen molar-refractivity contribution in [2.45, 2.75) is 46.7 Å². The van der Waals surface area contributed by atoms with E-state index in [1.807, 2.05) is 13.8 Å². The van der Waals surface area contributed by atoms with Crippen LogP contribution in [0.4, 0.5) is 0 Å². The van der Waals surface area contributed by atoms with Crippen LogP contribution >= 0.6 is 0 Å². The van der Waals surface area contributed by atoms with Crippen molar-refractivity contribution in [3.8, 4) is 0 Å². The van der Waals surface area contributed by atoms with Crippen molar-refractivity contribution < 1.29 is 4.79 Å². The van der Waals surface area contributed by atoms with E-state index in [0.717, 1.165) is 45.1 Å².